The van der Waals surface area contributed by atoms with Crippen LogP contribution in [0, 0.1) is 5.82 Å². The second-order valence-electron chi connectivity index (χ2n) is 6.56. The lowest BCUT2D eigenvalue weighted by Gasteiger charge is -2.32. The molecule has 1 fully saturated rings. The van der Waals surface area contributed by atoms with Crippen molar-refractivity contribution in [1.29, 1.82) is 0 Å². The Kier molecular flexibility index (Phi) is 11.5. The zero-order valence-corrected chi connectivity index (χ0v) is 18.7. The third-order valence-electron chi connectivity index (χ3n) is 4.49. The van der Waals surface area contributed by atoms with Crippen LogP contribution in [0.25, 0.3) is 0 Å². The number of benzene rings is 1. The van der Waals surface area contributed by atoms with Gasteiger partial charge in [0, 0.05) is 44.9 Å². The molecule has 27 heavy (non-hydrogen) atoms. The van der Waals surface area contributed by atoms with E-state index in [4.69, 9.17) is 4.74 Å². The summed E-state index contributed by atoms with van der Waals surface area (Å²) in [5, 5.41) is 6.83. The van der Waals surface area contributed by atoms with Gasteiger partial charge in [0.25, 0.3) is 0 Å². The molecular weight excluding hydrogens is 458 g/mol. The summed E-state index contributed by atoms with van der Waals surface area (Å²) >= 11 is 0. The highest BCUT2D eigenvalue weighted by Gasteiger charge is 2.19. The van der Waals surface area contributed by atoms with E-state index in [1.165, 1.54) is 6.07 Å². The highest BCUT2D eigenvalue weighted by molar-refractivity contribution is 14.0. The molecule has 0 unspecified atom stereocenters. The van der Waals surface area contributed by atoms with Gasteiger partial charge in [-0.05, 0) is 37.5 Å². The Hall–Kier alpha value is -1.19. The van der Waals surface area contributed by atoms with E-state index in [1.807, 2.05) is 12.1 Å². The average molecular weight is 490 g/mol. The SMILES string of the molecule is C=CCN1CCC(NC(=NCc2ccc(F)c(COC)c2)NCC)CC1.I. The Balaban J connectivity index is 0.00000364. The van der Waals surface area contributed by atoms with Crippen LogP contribution in [0.15, 0.2) is 35.8 Å². The fourth-order valence-electron chi connectivity index (χ4n) is 3.12. The van der Waals surface area contributed by atoms with Crippen molar-refractivity contribution in [3.63, 3.8) is 0 Å². The second-order valence-corrected chi connectivity index (χ2v) is 6.56. The lowest BCUT2D eigenvalue weighted by atomic mass is 10.1. The van der Waals surface area contributed by atoms with Gasteiger partial charge in [-0.25, -0.2) is 9.38 Å². The fraction of sp³-hybridized carbons (Fsp3) is 0.550. The molecule has 1 aromatic rings. The highest BCUT2D eigenvalue weighted by Crippen LogP contribution is 2.13. The molecule has 0 saturated carbocycles. The Morgan fingerprint density at radius 3 is 2.78 bits per heavy atom. The lowest BCUT2D eigenvalue weighted by molar-refractivity contribution is 0.181. The number of methoxy groups -OCH3 is 1. The van der Waals surface area contributed by atoms with E-state index in [2.05, 4.69) is 34.0 Å². The van der Waals surface area contributed by atoms with Gasteiger partial charge in [-0.2, -0.15) is 0 Å². The van der Waals surface area contributed by atoms with Crippen molar-refractivity contribution in [1.82, 2.24) is 15.5 Å². The van der Waals surface area contributed by atoms with Crippen molar-refractivity contribution in [2.45, 2.75) is 39.0 Å². The van der Waals surface area contributed by atoms with Crippen molar-refractivity contribution < 1.29 is 9.13 Å². The molecule has 2 rings (SSSR count). The van der Waals surface area contributed by atoms with Gasteiger partial charge in [0.2, 0.25) is 0 Å². The summed E-state index contributed by atoms with van der Waals surface area (Å²) in [4.78, 5) is 7.07. The molecular formula is C20H32FIN4O. The fourth-order valence-corrected chi connectivity index (χ4v) is 3.12. The summed E-state index contributed by atoms with van der Waals surface area (Å²) in [6.07, 6.45) is 4.14. The number of halogens is 2. The van der Waals surface area contributed by atoms with E-state index in [0.717, 1.165) is 50.5 Å². The van der Waals surface area contributed by atoms with E-state index in [9.17, 15) is 4.39 Å². The molecule has 0 aliphatic carbocycles. The van der Waals surface area contributed by atoms with Crippen LogP contribution in [-0.2, 0) is 17.9 Å². The predicted octanol–water partition coefficient (Wildman–Crippen LogP) is 3.30. The van der Waals surface area contributed by atoms with E-state index in [0.29, 0.717) is 18.2 Å². The molecule has 0 bridgehead atoms. The average Bonchev–Trinajstić information content (AvgIpc) is 2.64. The molecule has 1 aromatic carbocycles. The Labute approximate surface area is 179 Å². The lowest BCUT2D eigenvalue weighted by Crippen LogP contribution is -2.48. The minimum atomic E-state index is -0.240. The van der Waals surface area contributed by atoms with Gasteiger partial charge in [0.15, 0.2) is 5.96 Å². The number of nitrogens with zero attached hydrogens (tertiary/aromatic N) is 2. The smallest absolute Gasteiger partial charge is 0.191 e. The quantitative estimate of drug-likeness (QED) is 0.254. The molecule has 1 saturated heterocycles. The van der Waals surface area contributed by atoms with Crippen LogP contribution in [0.4, 0.5) is 4.39 Å². The summed E-state index contributed by atoms with van der Waals surface area (Å²) in [6.45, 7) is 10.5. The van der Waals surface area contributed by atoms with Gasteiger partial charge in [0.05, 0.1) is 13.2 Å². The number of ether oxygens (including phenoxy) is 1. The third-order valence-corrected chi connectivity index (χ3v) is 4.49. The summed E-state index contributed by atoms with van der Waals surface area (Å²) in [7, 11) is 1.57. The van der Waals surface area contributed by atoms with Crippen LogP contribution in [0.5, 0.6) is 0 Å². The van der Waals surface area contributed by atoms with E-state index >= 15 is 0 Å². The molecule has 7 heteroatoms. The molecule has 1 aliphatic heterocycles. The third kappa shape index (κ3) is 8.15. The van der Waals surface area contributed by atoms with Gasteiger partial charge in [-0.3, -0.25) is 4.90 Å². The molecule has 0 spiro atoms. The second kappa shape index (κ2) is 13.1. The minimum Gasteiger partial charge on any atom is -0.380 e. The molecule has 2 N–H and O–H groups in total. The predicted molar refractivity (Wildman–Crippen MR) is 120 cm³/mol. The maximum Gasteiger partial charge on any atom is 0.191 e. The Morgan fingerprint density at radius 1 is 1.41 bits per heavy atom. The molecule has 0 radical (unpaired) electrons. The van der Waals surface area contributed by atoms with Gasteiger partial charge in [-0.1, -0.05) is 12.1 Å². The number of guanidine groups is 1. The number of likely N-dealkylation sites (tertiary alicyclic amines) is 1. The molecule has 5 nitrogen and oxygen atoms in total. The molecule has 0 amide bonds. The van der Waals surface area contributed by atoms with Crippen molar-refractivity contribution in [2.75, 3.05) is 33.3 Å². The maximum absolute atomic E-state index is 13.7. The summed E-state index contributed by atoms with van der Waals surface area (Å²) < 4.78 is 18.8. The normalized spacial score (nSPS) is 15.9. The standard InChI is InChI=1S/C20H31FN4O.HI/c1-4-10-25-11-8-18(9-12-25)24-20(22-5-2)23-14-16-6-7-19(21)17(13-16)15-26-3;/h4,6-7,13,18H,1,5,8-12,14-15H2,2-3H3,(H2,22,23,24);1H. The minimum absolute atomic E-state index is 0. The molecule has 0 atom stereocenters. The number of aliphatic imine (C=N–C) groups is 1. The Morgan fingerprint density at radius 2 is 2.15 bits per heavy atom. The zero-order valence-electron chi connectivity index (χ0n) is 16.3. The van der Waals surface area contributed by atoms with Crippen molar-refractivity contribution in [3.8, 4) is 0 Å². The molecule has 0 aromatic heterocycles. The topological polar surface area (TPSA) is 48.9 Å². The van der Waals surface area contributed by atoms with Crippen LogP contribution in [0.2, 0.25) is 0 Å². The van der Waals surface area contributed by atoms with Crippen molar-refractivity contribution in [3.05, 3.63) is 47.8 Å². The number of hydrogen-bond donors (Lipinski definition) is 2. The van der Waals surface area contributed by atoms with Crippen molar-refractivity contribution in [2.24, 2.45) is 4.99 Å². The number of nitrogens with one attached hydrogen (secondary N) is 2. The first-order chi connectivity index (χ1) is 12.7. The monoisotopic (exact) mass is 490 g/mol. The molecule has 152 valence electrons. The first-order valence-corrected chi connectivity index (χ1v) is 9.30. The van der Waals surface area contributed by atoms with Gasteiger partial charge < -0.3 is 15.4 Å². The zero-order chi connectivity index (χ0) is 18.8. The summed E-state index contributed by atoms with van der Waals surface area (Å²) in [5.41, 5.74) is 1.53. The van der Waals surface area contributed by atoms with Crippen molar-refractivity contribution >= 4 is 29.9 Å². The molecule has 1 heterocycles. The number of rotatable bonds is 8. The van der Waals surface area contributed by atoms with E-state index < -0.39 is 0 Å². The largest absolute Gasteiger partial charge is 0.380 e. The first kappa shape index (κ1) is 23.8. The van der Waals surface area contributed by atoms with Crippen LogP contribution < -0.4 is 10.6 Å². The van der Waals surface area contributed by atoms with E-state index in [1.54, 1.807) is 13.2 Å². The van der Waals surface area contributed by atoms with Gasteiger partial charge in [0.1, 0.15) is 5.82 Å². The van der Waals surface area contributed by atoms with Gasteiger partial charge in [-0.15, -0.1) is 30.6 Å². The summed E-state index contributed by atoms with van der Waals surface area (Å²) in [5.74, 6) is 0.572. The van der Waals surface area contributed by atoms with Crippen LogP contribution in [0.1, 0.15) is 30.9 Å². The van der Waals surface area contributed by atoms with Gasteiger partial charge >= 0.3 is 0 Å². The first-order valence-electron chi connectivity index (χ1n) is 9.30. The maximum atomic E-state index is 13.7. The summed E-state index contributed by atoms with van der Waals surface area (Å²) in [6, 6.07) is 5.50. The van der Waals surface area contributed by atoms with E-state index in [-0.39, 0.29) is 36.4 Å². The van der Waals surface area contributed by atoms with Crippen LogP contribution in [0.3, 0.4) is 0 Å². The molecule has 1 aliphatic rings. The van der Waals surface area contributed by atoms with Crippen LogP contribution >= 0.6 is 24.0 Å². The Bertz CT molecular complexity index is 604. The van der Waals surface area contributed by atoms with Crippen LogP contribution in [-0.4, -0.2) is 50.2 Å². The number of hydrogen-bond acceptors (Lipinski definition) is 3. The number of piperidine rings is 1. The highest BCUT2D eigenvalue weighted by atomic mass is 127.